The molecule has 0 saturated heterocycles. The molecule has 0 heterocycles. The molecule has 0 aromatic heterocycles. The first-order valence-electron chi connectivity index (χ1n) is 7.16. The van der Waals surface area contributed by atoms with Crippen LogP contribution >= 0.6 is 15.9 Å². The number of nitrogens with zero attached hydrogens (tertiary/aromatic N) is 1. The molecule has 120 valence electrons. The molecule has 0 radical (unpaired) electrons. The molecule has 0 aliphatic heterocycles. The van der Waals surface area contributed by atoms with Crippen LogP contribution in [0.4, 0.5) is 0 Å². The molecule has 2 aromatic rings. The predicted octanol–water partition coefficient (Wildman–Crippen LogP) is 4.40. The molecule has 0 bridgehead atoms. The fourth-order valence-corrected chi connectivity index (χ4v) is 2.66. The minimum Gasteiger partial charge on any atom is -0.493 e. The predicted molar refractivity (Wildman–Crippen MR) is 92.3 cm³/mol. The van der Waals surface area contributed by atoms with Crippen molar-refractivity contribution < 1.29 is 14.2 Å². The van der Waals surface area contributed by atoms with Gasteiger partial charge in [-0.3, -0.25) is 0 Å². The smallest absolute Gasteiger partial charge is 0.175 e. The van der Waals surface area contributed by atoms with E-state index in [4.69, 9.17) is 19.5 Å². The number of aryl methyl sites for hydroxylation is 1. The van der Waals surface area contributed by atoms with E-state index in [-0.39, 0.29) is 0 Å². The molecule has 0 spiro atoms. The summed E-state index contributed by atoms with van der Waals surface area (Å²) in [7, 11) is 1.54. The van der Waals surface area contributed by atoms with Crippen molar-refractivity contribution >= 4 is 15.9 Å². The zero-order valence-corrected chi connectivity index (χ0v) is 14.9. The van der Waals surface area contributed by atoms with Gasteiger partial charge in [0.2, 0.25) is 0 Å². The Kier molecular flexibility index (Phi) is 5.89. The largest absolute Gasteiger partial charge is 0.493 e. The van der Waals surface area contributed by atoms with Crippen LogP contribution in [0, 0.1) is 25.2 Å². The molecule has 0 aliphatic carbocycles. The molecule has 5 heteroatoms. The van der Waals surface area contributed by atoms with Crippen LogP contribution < -0.4 is 14.2 Å². The second kappa shape index (κ2) is 7.89. The zero-order valence-electron chi connectivity index (χ0n) is 13.4. The van der Waals surface area contributed by atoms with Crippen molar-refractivity contribution in [3.63, 3.8) is 0 Å². The van der Waals surface area contributed by atoms with Crippen LogP contribution in [0.3, 0.4) is 0 Å². The molecule has 0 N–H and O–H groups in total. The molecular formula is C18H18BrNO3. The Labute approximate surface area is 144 Å². The molecule has 0 fully saturated rings. The summed E-state index contributed by atoms with van der Waals surface area (Å²) in [5.41, 5.74) is 2.83. The van der Waals surface area contributed by atoms with Crippen molar-refractivity contribution in [2.45, 2.75) is 13.8 Å². The molecule has 0 saturated carbocycles. The monoisotopic (exact) mass is 375 g/mol. The van der Waals surface area contributed by atoms with Crippen molar-refractivity contribution in [1.82, 2.24) is 0 Å². The SMILES string of the molecule is COc1cc(C#N)cc(Br)c1OCCOc1cccc(C)c1C. The molecule has 0 aliphatic rings. The van der Waals surface area contributed by atoms with Gasteiger partial charge in [0.1, 0.15) is 19.0 Å². The van der Waals surface area contributed by atoms with Gasteiger partial charge in [0.05, 0.1) is 23.2 Å². The highest BCUT2D eigenvalue weighted by Gasteiger charge is 2.12. The Morgan fingerprint density at radius 2 is 1.83 bits per heavy atom. The summed E-state index contributed by atoms with van der Waals surface area (Å²) >= 11 is 3.40. The molecule has 23 heavy (non-hydrogen) atoms. The number of rotatable bonds is 6. The van der Waals surface area contributed by atoms with Gasteiger partial charge in [-0.1, -0.05) is 12.1 Å². The van der Waals surface area contributed by atoms with Gasteiger partial charge in [-0.15, -0.1) is 0 Å². The molecule has 2 aromatic carbocycles. The van der Waals surface area contributed by atoms with E-state index < -0.39 is 0 Å². The second-order valence-corrected chi connectivity index (χ2v) is 5.85. The van der Waals surface area contributed by atoms with Crippen molar-refractivity contribution in [2.24, 2.45) is 0 Å². The lowest BCUT2D eigenvalue weighted by molar-refractivity contribution is 0.209. The van der Waals surface area contributed by atoms with Crippen LogP contribution in [0.2, 0.25) is 0 Å². The third kappa shape index (κ3) is 4.17. The van der Waals surface area contributed by atoms with Gasteiger partial charge < -0.3 is 14.2 Å². The maximum atomic E-state index is 8.97. The van der Waals surface area contributed by atoms with Crippen molar-refractivity contribution in [3.05, 3.63) is 51.5 Å². The quantitative estimate of drug-likeness (QED) is 0.701. The first kappa shape index (κ1) is 17.2. The standard InChI is InChI=1S/C18H18BrNO3/c1-12-5-4-6-16(13(12)2)22-7-8-23-18-15(19)9-14(11-20)10-17(18)21-3/h4-6,9-10H,7-8H2,1-3H3. The van der Waals surface area contributed by atoms with E-state index in [0.717, 1.165) is 11.3 Å². The average molecular weight is 376 g/mol. The third-order valence-electron chi connectivity index (χ3n) is 3.50. The van der Waals surface area contributed by atoms with Crippen LogP contribution in [-0.2, 0) is 0 Å². The van der Waals surface area contributed by atoms with Crippen LogP contribution in [0.5, 0.6) is 17.2 Å². The number of hydrogen-bond donors (Lipinski definition) is 0. The highest BCUT2D eigenvalue weighted by Crippen LogP contribution is 2.36. The van der Waals surface area contributed by atoms with Gasteiger partial charge in [-0.25, -0.2) is 0 Å². The van der Waals surface area contributed by atoms with E-state index in [2.05, 4.69) is 35.0 Å². The highest BCUT2D eigenvalue weighted by molar-refractivity contribution is 9.10. The van der Waals surface area contributed by atoms with E-state index >= 15 is 0 Å². The number of hydrogen-bond acceptors (Lipinski definition) is 4. The summed E-state index contributed by atoms with van der Waals surface area (Å²) in [6.07, 6.45) is 0. The topological polar surface area (TPSA) is 51.5 Å². The molecule has 2 rings (SSSR count). The van der Waals surface area contributed by atoms with Gasteiger partial charge in [0.25, 0.3) is 0 Å². The van der Waals surface area contributed by atoms with Crippen LogP contribution in [0.1, 0.15) is 16.7 Å². The average Bonchev–Trinajstić information content (AvgIpc) is 2.55. The summed E-state index contributed by atoms with van der Waals surface area (Å²) in [6, 6.07) is 11.4. The lowest BCUT2D eigenvalue weighted by Crippen LogP contribution is -2.10. The first-order valence-corrected chi connectivity index (χ1v) is 7.95. The zero-order chi connectivity index (χ0) is 16.8. The van der Waals surface area contributed by atoms with Crippen molar-refractivity contribution in [3.8, 4) is 23.3 Å². The lowest BCUT2D eigenvalue weighted by atomic mass is 10.1. The van der Waals surface area contributed by atoms with E-state index in [0.29, 0.717) is 34.7 Å². The fraction of sp³-hybridized carbons (Fsp3) is 0.278. The minimum absolute atomic E-state index is 0.369. The van der Waals surface area contributed by atoms with E-state index in [1.54, 1.807) is 19.2 Å². The third-order valence-corrected chi connectivity index (χ3v) is 4.09. The minimum atomic E-state index is 0.369. The Morgan fingerprint density at radius 1 is 1.09 bits per heavy atom. The summed E-state index contributed by atoms with van der Waals surface area (Å²) in [5.74, 6) is 1.94. The highest BCUT2D eigenvalue weighted by atomic mass is 79.9. The number of halogens is 1. The Hall–Kier alpha value is -2.19. The maximum absolute atomic E-state index is 8.97. The lowest BCUT2D eigenvalue weighted by Gasteiger charge is -2.14. The number of methoxy groups -OCH3 is 1. The van der Waals surface area contributed by atoms with Gasteiger partial charge in [-0.05, 0) is 53.0 Å². The molecule has 0 atom stereocenters. The van der Waals surface area contributed by atoms with Crippen LogP contribution in [0.15, 0.2) is 34.8 Å². The summed E-state index contributed by atoms with van der Waals surface area (Å²) in [6.45, 7) is 4.87. The molecule has 0 amide bonds. The van der Waals surface area contributed by atoms with Gasteiger partial charge in [0, 0.05) is 6.07 Å². The van der Waals surface area contributed by atoms with Gasteiger partial charge in [0.15, 0.2) is 11.5 Å². The Bertz CT molecular complexity index is 738. The van der Waals surface area contributed by atoms with Gasteiger partial charge >= 0.3 is 0 Å². The normalized spacial score (nSPS) is 10.0. The first-order chi connectivity index (χ1) is 11.1. The Balaban J connectivity index is 1.99. The number of benzene rings is 2. The summed E-state index contributed by atoms with van der Waals surface area (Å²) in [4.78, 5) is 0. The van der Waals surface area contributed by atoms with Gasteiger partial charge in [-0.2, -0.15) is 5.26 Å². The molecule has 4 nitrogen and oxygen atoms in total. The molecular weight excluding hydrogens is 358 g/mol. The van der Waals surface area contributed by atoms with Crippen LogP contribution in [-0.4, -0.2) is 20.3 Å². The summed E-state index contributed by atoms with van der Waals surface area (Å²) in [5, 5.41) is 8.97. The fourth-order valence-electron chi connectivity index (χ4n) is 2.10. The van der Waals surface area contributed by atoms with E-state index in [9.17, 15) is 0 Å². The van der Waals surface area contributed by atoms with E-state index in [1.807, 2.05) is 19.1 Å². The van der Waals surface area contributed by atoms with Crippen molar-refractivity contribution in [2.75, 3.05) is 20.3 Å². The molecule has 0 unspecified atom stereocenters. The Morgan fingerprint density at radius 3 is 2.52 bits per heavy atom. The number of nitriles is 1. The number of ether oxygens (including phenoxy) is 3. The maximum Gasteiger partial charge on any atom is 0.175 e. The summed E-state index contributed by atoms with van der Waals surface area (Å²) < 4.78 is 17.5. The van der Waals surface area contributed by atoms with E-state index in [1.165, 1.54) is 5.56 Å². The van der Waals surface area contributed by atoms with Crippen molar-refractivity contribution in [1.29, 1.82) is 5.26 Å². The van der Waals surface area contributed by atoms with Crippen LogP contribution in [0.25, 0.3) is 0 Å². The second-order valence-electron chi connectivity index (χ2n) is 5.00.